The van der Waals surface area contributed by atoms with Crippen molar-refractivity contribution in [2.75, 3.05) is 20.2 Å². The number of imidazole rings is 1. The standard InChI is InChI=1S/C24H18BrClF3N5O2S2/c1-36-20-15(25)9-14(10-17(20)38-24(27,28)29)19-21(26)37-23(32-19)13-4-7-33(8-5-13)18(35)11-34-12-31-16-3-2-6-30-22(16)34/h3,9-10,12-13H,4-5,7-8,11H2,1H3. The number of hydrogen-bond donors (Lipinski definition) is 0. The highest BCUT2D eigenvalue weighted by Gasteiger charge is 2.32. The summed E-state index contributed by atoms with van der Waals surface area (Å²) in [5.41, 5.74) is -0.201. The first kappa shape index (κ1) is 27.1. The third-order valence-corrected chi connectivity index (χ3v) is 8.85. The molecule has 1 aromatic carbocycles. The van der Waals surface area contributed by atoms with Gasteiger partial charge in [-0.05, 0) is 58.4 Å². The average molecular weight is 645 g/mol. The molecule has 0 aliphatic carbocycles. The Morgan fingerprint density at radius 2 is 2.11 bits per heavy atom. The van der Waals surface area contributed by atoms with E-state index in [2.05, 4.69) is 37.5 Å². The number of halogens is 5. The number of aliphatic imine (C=N–C) groups is 1. The second-order valence-electron chi connectivity index (χ2n) is 8.46. The number of fused-ring (bicyclic) bond motifs is 1. The SMILES string of the molecule is COc1c(Br)cc(-c2nc(C3CCN(C(=O)Cn4cnc5c4N=C=C=C5)CC3)sc2Cl)cc1SC(F)(F)F. The molecule has 0 bridgehead atoms. The van der Waals surface area contributed by atoms with Gasteiger partial charge in [-0.15, -0.1) is 11.3 Å². The van der Waals surface area contributed by atoms with Crippen molar-refractivity contribution >= 4 is 74.3 Å². The number of methoxy groups -OCH3 is 1. The number of benzene rings is 1. The zero-order valence-corrected chi connectivity index (χ0v) is 23.7. The number of thioether (sulfide) groups is 1. The van der Waals surface area contributed by atoms with Gasteiger partial charge in [0.1, 0.15) is 28.0 Å². The van der Waals surface area contributed by atoms with Crippen LogP contribution in [0.1, 0.15) is 29.5 Å². The Labute approximate surface area is 237 Å². The molecule has 7 nitrogen and oxygen atoms in total. The third-order valence-electron chi connectivity index (χ3n) is 6.09. The quantitative estimate of drug-likeness (QED) is 0.168. The molecule has 3 aromatic rings. The van der Waals surface area contributed by atoms with Gasteiger partial charge in [-0.2, -0.15) is 18.2 Å². The van der Waals surface area contributed by atoms with Gasteiger partial charge < -0.3 is 14.2 Å². The van der Waals surface area contributed by atoms with Crippen molar-refractivity contribution in [2.24, 2.45) is 4.99 Å². The molecule has 2 aliphatic rings. The fourth-order valence-electron chi connectivity index (χ4n) is 4.31. The summed E-state index contributed by atoms with van der Waals surface area (Å²) in [5, 5.41) is 0.797. The molecule has 0 spiro atoms. The lowest BCUT2D eigenvalue weighted by molar-refractivity contribution is -0.132. The van der Waals surface area contributed by atoms with Gasteiger partial charge in [-0.3, -0.25) is 4.79 Å². The lowest BCUT2D eigenvalue weighted by atomic mass is 9.97. The Hall–Kier alpha value is -2.53. The van der Waals surface area contributed by atoms with Crippen molar-refractivity contribution in [1.82, 2.24) is 19.4 Å². The van der Waals surface area contributed by atoms with Gasteiger partial charge in [0.25, 0.3) is 0 Å². The number of nitrogens with zero attached hydrogens (tertiary/aromatic N) is 5. The number of thiazole rings is 1. The molecule has 0 N–H and O–H groups in total. The number of carbonyl (C=O) groups is 1. The second kappa shape index (κ2) is 10.9. The van der Waals surface area contributed by atoms with E-state index in [-0.39, 0.29) is 40.8 Å². The summed E-state index contributed by atoms with van der Waals surface area (Å²) in [4.78, 5) is 27.7. The van der Waals surface area contributed by atoms with E-state index in [0.29, 0.717) is 57.5 Å². The van der Waals surface area contributed by atoms with Crippen LogP contribution < -0.4 is 4.74 Å². The van der Waals surface area contributed by atoms with Crippen LogP contribution in [0.15, 0.2) is 38.6 Å². The number of likely N-dealkylation sites (tertiary alicyclic amines) is 1. The summed E-state index contributed by atoms with van der Waals surface area (Å²) in [5.74, 6) is 3.37. The van der Waals surface area contributed by atoms with Crippen molar-refractivity contribution in [3.63, 3.8) is 0 Å². The molecule has 0 radical (unpaired) electrons. The predicted octanol–water partition coefficient (Wildman–Crippen LogP) is 6.93. The molecular formula is C24H18BrClF3N5O2S2. The minimum atomic E-state index is -4.48. The normalized spacial score (nSPS) is 15.3. The zero-order valence-electron chi connectivity index (χ0n) is 19.7. The first-order valence-corrected chi connectivity index (χ1v) is 14.1. The number of amides is 1. The summed E-state index contributed by atoms with van der Waals surface area (Å²) in [6.07, 6.45) is 4.65. The van der Waals surface area contributed by atoms with Gasteiger partial charge >= 0.3 is 5.51 Å². The van der Waals surface area contributed by atoms with Gasteiger partial charge in [-0.25, -0.2) is 9.97 Å². The van der Waals surface area contributed by atoms with Gasteiger partial charge in [-0.1, -0.05) is 11.6 Å². The van der Waals surface area contributed by atoms with Crippen molar-refractivity contribution in [3.8, 4) is 17.0 Å². The first-order valence-electron chi connectivity index (χ1n) is 11.3. The van der Waals surface area contributed by atoms with E-state index in [0.717, 1.165) is 5.01 Å². The molecule has 0 unspecified atom stereocenters. The molecule has 38 heavy (non-hydrogen) atoms. The molecule has 5 rings (SSSR count). The maximum absolute atomic E-state index is 13.1. The van der Waals surface area contributed by atoms with Crippen LogP contribution in [0.5, 0.6) is 5.75 Å². The van der Waals surface area contributed by atoms with Crippen LogP contribution in [0.4, 0.5) is 19.0 Å². The summed E-state index contributed by atoms with van der Waals surface area (Å²) in [7, 11) is 1.32. The Bertz CT molecular complexity index is 1500. The van der Waals surface area contributed by atoms with Crippen LogP contribution in [0.25, 0.3) is 17.3 Å². The Morgan fingerprint density at radius 3 is 2.82 bits per heavy atom. The number of rotatable bonds is 6. The van der Waals surface area contributed by atoms with E-state index >= 15 is 0 Å². The molecule has 14 heteroatoms. The molecule has 2 aliphatic heterocycles. The maximum atomic E-state index is 13.1. The van der Waals surface area contributed by atoms with E-state index in [1.54, 1.807) is 27.9 Å². The average Bonchev–Trinajstić information content (AvgIpc) is 3.46. The molecule has 2 aromatic heterocycles. The van der Waals surface area contributed by atoms with Crippen molar-refractivity contribution < 1.29 is 22.7 Å². The van der Waals surface area contributed by atoms with Crippen molar-refractivity contribution in [2.45, 2.75) is 35.7 Å². The lowest BCUT2D eigenvalue weighted by Gasteiger charge is -2.31. The molecule has 1 amide bonds. The molecule has 198 valence electrons. The minimum Gasteiger partial charge on any atom is -0.494 e. The number of hydrogen-bond acceptors (Lipinski definition) is 7. The Balaban J connectivity index is 1.28. The number of ether oxygens (including phenoxy) is 1. The number of carbonyl (C=O) groups excluding carboxylic acids is 1. The number of alkyl halides is 3. The summed E-state index contributed by atoms with van der Waals surface area (Å²) >= 11 is 10.9. The summed E-state index contributed by atoms with van der Waals surface area (Å²) in [6, 6.07) is 3.04. The monoisotopic (exact) mass is 643 g/mol. The van der Waals surface area contributed by atoms with Crippen LogP contribution in [-0.4, -0.2) is 56.9 Å². The summed E-state index contributed by atoms with van der Waals surface area (Å²) < 4.78 is 47.0. The van der Waals surface area contributed by atoms with Crippen LogP contribution >= 0.6 is 50.6 Å². The second-order valence-corrected chi connectivity index (χ2v) is 12.1. The number of piperidine rings is 1. The number of aromatic nitrogens is 3. The van der Waals surface area contributed by atoms with E-state index in [9.17, 15) is 18.0 Å². The molecular weight excluding hydrogens is 627 g/mol. The fourth-order valence-corrected chi connectivity index (χ4v) is 7.16. The van der Waals surface area contributed by atoms with Crippen molar-refractivity contribution in [3.05, 3.63) is 43.7 Å². The highest BCUT2D eigenvalue weighted by molar-refractivity contribution is 9.10. The topological polar surface area (TPSA) is 72.6 Å². The van der Waals surface area contributed by atoms with Gasteiger partial charge in [0.15, 0.2) is 5.82 Å². The lowest BCUT2D eigenvalue weighted by Crippen LogP contribution is -2.39. The minimum absolute atomic E-state index is 0.0342. The highest BCUT2D eigenvalue weighted by Crippen LogP contribution is 2.47. The zero-order chi connectivity index (χ0) is 27.0. The third kappa shape index (κ3) is 5.73. The van der Waals surface area contributed by atoms with Crippen LogP contribution in [0, 0.1) is 0 Å². The predicted molar refractivity (Wildman–Crippen MR) is 145 cm³/mol. The fraction of sp³-hybridized carbons (Fsp3) is 0.333. The summed E-state index contributed by atoms with van der Waals surface area (Å²) in [6.45, 7) is 1.23. The van der Waals surface area contributed by atoms with Crippen molar-refractivity contribution in [1.29, 1.82) is 0 Å². The van der Waals surface area contributed by atoms with Gasteiger partial charge in [0.2, 0.25) is 5.91 Å². The smallest absolute Gasteiger partial charge is 0.446 e. The largest absolute Gasteiger partial charge is 0.494 e. The highest BCUT2D eigenvalue weighted by atomic mass is 79.9. The van der Waals surface area contributed by atoms with Gasteiger partial charge in [0.05, 0.1) is 27.8 Å². The molecule has 1 saturated heterocycles. The Morgan fingerprint density at radius 1 is 1.34 bits per heavy atom. The van der Waals surface area contributed by atoms with Crippen LogP contribution in [0.3, 0.4) is 0 Å². The van der Waals surface area contributed by atoms with E-state index in [4.69, 9.17) is 21.3 Å². The molecule has 4 heterocycles. The van der Waals surface area contributed by atoms with Crippen LogP contribution in [0.2, 0.25) is 4.34 Å². The maximum Gasteiger partial charge on any atom is 0.446 e. The molecule has 0 saturated carbocycles. The Kier molecular flexibility index (Phi) is 7.77. The van der Waals surface area contributed by atoms with E-state index in [1.165, 1.54) is 24.5 Å². The molecule has 1 fully saturated rings. The van der Waals surface area contributed by atoms with E-state index < -0.39 is 5.51 Å². The van der Waals surface area contributed by atoms with Gasteiger partial charge in [0, 0.05) is 36.5 Å². The van der Waals surface area contributed by atoms with E-state index in [1.807, 2.05) is 0 Å². The first-order chi connectivity index (χ1) is 18.1. The van der Waals surface area contributed by atoms with Crippen LogP contribution in [-0.2, 0) is 11.3 Å². The molecule has 0 atom stereocenters.